The van der Waals surface area contributed by atoms with Crippen molar-refractivity contribution in [2.45, 2.75) is 46.0 Å². The molecule has 0 bridgehead atoms. The number of thiol groups is 1. The third kappa shape index (κ3) is 7.63. The van der Waals surface area contributed by atoms with Gasteiger partial charge in [-0.3, -0.25) is 0 Å². The molecule has 0 heterocycles. The van der Waals surface area contributed by atoms with Gasteiger partial charge >= 0.3 is 0 Å². The summed E-state index contributed by atoms with van der Waals surface area (Å²) in [7, 11) is 0. The molecule has 0 aliphatic rings. The summed E-state index contributed by atoms with van der Waals surface area (Å²) in [5.74, 6) is 1.49. The van der Waals surface area contributed by atoms with E-state index in [9.17, 15) is 0 Å². The maximum atomic E-state index is 4.26. The van der Waals surface area contributed by atoms with Crippen LogP contribution in [0.5, 0.6) is 0 Å². The summed E-state index contributed by atoms with van der Waals surface area (Å²) in [4.78, 5) is 0. The molecule has 0 fully saturated rings. The van der Waals surface area contributed by atoms with Gasteiger partial charge in [0.1, 0.15) is 0 Å². The molecule has 1 unspecified atom stereocenters. The van der Waals surface area contributed by atoms with Crippen LogP contribution in [0.1, 0.15) is 46.0 Å². The first kappa shape index (κ1) is 13.6. The zero-order valence-electron chi connectivity index (χ0n) is 8.72. The molecule has 0 saturated heterocycles. The standard InChI is InChI=1S/C11H21BrS/c1-3-4-5-6-7-8-11(12)10(2)9-13/h8,10,13H,3-7,9H2,1-2H3/b11-8-. The predicted octanol–water partition coefficient (Wildman–Crippen LogP) is 4.80. The molecule has 78 valence electrons. The molecule has 0 nitrogen and oxygen atoms in total. The molecule has 0 saturated carbocycles. The second kappa shape index (κ2) is 9.14. The zero-order chi connectivity index (χ0) is 10.1. The van der Waals surface area contributed by atoms with Crippen LogP contribution in [0, 0.1) is 5.92 Å². The highest BCUT2D eigenvalue weighted by Gasteiger charge is 2.01. The SMILES string of the molecule is CCCCCC/C=C(\Br)C(C)CS. The Morgan fingerprint density at radius 3 is 2.62 bits per heavy atom. The smallest absolute Gasteiger partial charge is 0.00265 e. The highest BCUT2D eigenvalue weighted by molar-refractivity contribution is 9.11. The molecule has 0 rings (SSSR count). The molecule has 2 heteroatoms. The first-order chi connectivity index (χ1) is 6.22. The molecule has 0 radical (unpaired) electrons. The summed E-state index contributed by atoms with van der Waals surface area (Å²) in [5, 5.41) is 0. The summed E-state index contributed by atoms with van der Waals surface area (Å²) in [5.41, 5.74) is 0. The summed E-state index contributed by atoms with van der Waals surface area (Å²) in [6.07, 6.45) is 8.88. The van der Waals surface area contributed by atoms with Crippen LogP contribution in [0.15, 0.2) is 10.6 Å². The second-order valence-corrected chi connectivity index (χ2v) is 4.80. The van der Waals surface area contributed by atoms with Crippen LogP contribution in [-0.4, -0.2) is 5.75 Å². The van der Waals surface area contributed by atoms with E-state index in [4.69, 9.17) is 0 Å². The van der Waals surface area contributed by atoms with Crippen LogP contribution in [0.2, 0.25) is 0 Å². The molecule has 0 aromatic heterocycles. The molecule has 1 atom stereocenters. The van der Waals surface area contributed by atoms with Crippen molar-refractivity contribution >= 4 is 28.6 Å². The van der Waals surface area contributed by atoms with Crippen LogP contribution >= 0.6 is 28.6 Å². The Morgan fingerprint density at radius 1 is 1.38 bits per heavy atom. The fourth-order valence-corrected chi connectivity index (χ4v) is 1.94. The molecule has 0 amide bonds. The zero-order valence-corrected chi connectivity index (χ0v) is 11.2. The van der Waals surface area contributed by atoms with Crippen molar-refractivity contribution in [3.8, 4) is 0 Å². The average Bonchev–Trinajstić information content (AvgIpc) is 2.16. The molecule has 0 aromatic carbocycles. The average molecular weight is 265 g/mol. The van der Waals surface area contributed by atoms with Crippen LogP contribution < -0.4 is 0 Å². The van der Waals surface area contributed by atoms with Gasteiger partial charge in [-0.15, -0.1) is 0 Å². The topological polar surface area (TPSA) is 0 Å². The van der Waals surface area contributed by atoms with Gasteiger partial charge in [0.2, 0.25) is 0 Å². The summed E-state index contributed by atoms with van der Waals surface area (Å²) >= 11 is 7.85. The van der Waals surface area contributed by atoms with Crippen LogP contribution in [-0.2, 0) is 0 Å². The maximum absolute atomic E-state index is 4.26. The lowest BCUT2D eigenvalue weighted by atomic mass is 10.1. The van der Waals surface area contributed by atoms with Gasteiger partial charge in [0.05, 0.1) is 0 Å². The minimum absolute atomic E-state index is 0.564. The lowest BCUT2D eigenvalue weighted by Gasteiger charge is -2.06. The summed E-state index contributed by atoms with van der Waals surface area (Å²) in [6.45, 7) is 4.44. The number of unbranched alkanes of at least 4 members (excludes halogenated alkanes) is 4. The minimum atomic E-state index is 0.564. The van der Waals surface area contributed by atoms with Crippen molar-refractivity contribution in [1.29, 1.82) is 0 Å². The number of allylic oxidation sites excluding steroid dienone is 2. The van der Waals surface area contributed by atoms with Crippen molar-refractivity contribution in [1.82, 2.24) is 0 Å². The van der Waals surface area contributed by atoms with E-state index in [1.807, 2.05) is 0 Å². The Morgan fingerprint density at radius 2 is 2.08 bits per heavy atom. The maximum Gasteiger partial charge on any atom is -0.00265 e. The largest absolute Gasteiger partial charge is 0.179 e. The third-order valence-electron chi connectivity index (χ3n) is 2.14. The van der Waals surface area contributed by atoms with Gasteiger partial charge < -0.3 is 0 Å². The number of hydrogen-bond donors (Lipinski definition) is 1. The van der Waals surface area contributed by atoms with E-state index in [1.165, 1.54) is 36.6 Å². The second-order valence-electron chi connectivity index (χ2n) is 3.52. The Balaban J connectivity index is 3.47. The van der Waals surface area contributed by atoms with Gasteiger partial charge in [-0.2, -0.15) is 12.6 Å². The molecule has 0 aromatic rings. The normalized spacial score (nSPS) is 14.6. The molecule has 0 aliphatic carbocycles. The van der Waals surface area contributed by atoms with Crippen molar-refractivity contribution in [3.05, 3.63) is 10.6 Å². The fourth-order valence-electron chi connectivity index (χ4n) is 1.10. The fraction of sp³-hybridized carbons (Fsp3) is 0.818. The molecular formula is C11H21BrS. The lowest BCUT2D eigenvalue weighted by molar-refractivity contribution is 0.672. The van der Waals surface area contributed by atoms with Crippen molar-refractivity contribution in [2.24, 2.45) is 5.92 Å². The first-order valence-electron chi connectivity index (χ1n) is 5.18. The lowest BCUT2D eigenvalue weighted by Crippen LogP contribution is -1.94. The molecule has 0 N–H and O–H groups in total. The number of rotatable bonds is 7. The van der Waals surface area contributed by atoms with E-state index in [0.717, 1.165) is 5.75 Å². The van der Waals surface area contributed by atoms with E-state index >= 15 is 0 Å². The Labute approximate surface area is 96.7 Å². The van der Waals surface area contributed by atoms with E-state index in [-0.39, 0.29) is 0 Å². The quantitative estimate of drug-likeness (QED) is 0.496. The van der Waals surface area contributed by atoms with Crippen molar-refractivity contribution in [3.63, 3.8) is 0 Å². The molecule has 0 spiro atoms. The monoisotopic (exact) mass is 264 g/mol. The number of hydrogen-bond acceptors (Lipinski definition) is 1. The molecule has 0 aliphatic heterocycles. The van der Waals surface area contributed by atoms with Gasteiger partial charge in [-0.05, 0) is 29.0 Å². The third-order valence-corrected chi connectivity index (χ3v) is 3.79. The predicted molar refractivity (Wildman–Crippen MR) is 68.8 cm³/mol. The van der Waals surface area contributed by atoms with Crippen LogP contribution in [0.25, 0.3) is 0 Å². The van der Waals surface area contributed by atoms with Gasteiger partial charge in [-0.1, -0.05) is 55.1 Å². The highest BCUT2D eigenvalue weighted by Crippen LogP contribution is 2.20. The summed E-state index contributed by atoms with van der Waals surface area (Å²) < 4.78 is 1.32. The van der Waals surface area contributed by atoms with E-state index in [1.54, 1.807) is 0 Å². The highest BCUT2D eigenvalue weighted by atomic mass is 79.9. The van der Waals surface area contributed by atoms with Gasteiger partial charge in [0.25, 0.3) is 0 Å². The van der Waals surface area contributed by atoms with Gasteiger partial charge in [-0.25, -0.2) is 0 Å². The Kier molecular flexibility index (Phi) is 9.54. The number of halogens is 1. The molecule has 13 heavy (non-hydrogen) atoms. The van der Waals surface area contributed by atoms with E-state index in [0.29, 0.717) is 5.92 Å². The van der Waals surface area contributed by atoms with Crippen molar-refractivity contribution in [2.75, 3.05) is 5.75 Å². The Hall–Kier alpha value is 0.570. The Bertz CT molecular complexity index is 143. The van der Waals surface area contributed by atoms with Gasteiger partial charge in [0.15, 0.2) is 0 Å². The van der Waals surface area contributed by atoms with Crippen molar-refractivity contribution < 1.29 is 0 Å². The van der Waals surface area contributed by atoms with Crippen LogP contribution in [0.3, 0.4) is 0 Å². The summed E-state index contributed by atoms with van der Waals surface area (Å²) in [6, 6.07) is 0. The van der Waals surface area contributed by atoms with Crippen LogP contribution in [0.4, 0.5) is 0 Å². The molecular weight excluding hydrogens is 244 g/mol. The van der Waals surface area contributed by atoms with Gasteiger partial charge in [0, 0.05) is 0 Å². The minimum Gasteiger partial charge on any atom is -0.179 e. The van der Waals surface area contributed by atoms with E-state index in [2.05, 4.69) is 48.5 Å². The first-order valence-corrected chi connectivity index (χ1v) is 6.61. The van der Waals surface area contributed by atoms with E-state index < -0.39 is 0 Å².